The van der Waals surface area contributed by atoms with Crippen molar-refractivity contribution in [2.24, 2.45) is 11.1 Å². The third-order valence-electron chi connectivity index (χ3n) is 5.78. The molecule has 0 bridgehead atoms. The van der Waals surface area contributed by atoms with Crippen molar-refractivity contribution >= 4 is 24.0 Å². The molecule has 2 aromatic rings. The van der Waals surface area contributed by atoms with Gasteiger partial charge in [-0.1, -0.05) is 69.3 Å². The number of fused-ring (bicyclic) bond motifs is 3. The molecule has 1 amide bonds. The minimum absolute atomic E-state index is 0.0651. The molecule has 0 spiro atoms. The predicted octanol–water partition coefficient (Wildman–Crippen LogP) is 2.44. The van der Waals surface area contributed by atoms with Gasteiger partial charge in [-0.25, -0.2) is 9.59 Å². The molecule has 0 heterocycles. The Kier molecular flexibility index (Phi) is 8.31. The fourth-order valence-corrected chi connectivity index (χ4v) is 4.10. The van der Waals surface area contributed by atoms with Crippen LogP contribution >= 0.6 is 0 Å². The molecule has 2 atom stereocenters. The van der Waals surface area contributed by atoms with E-state index in [0.717, 1.165) is 22.3 Å². The van der Waals surface area contributed by atoms with Crippen LogP contribution in [0.5, 0.6) is 0 Å². The lowest BCUT2D eigenvalue weighted by atomic mass is 9.85. The molecule has 0 fully saturated rings. The van der Waals surface area contributed by atoms with E-state index in [9.17, 15) is 24.3 Å². The van der Waals surface area contributed by atoms with E-state index in [-0.39, 0.29) is 12.5 Å². The van der Waals surface area contributed by atoms with Gasteiger partial charge >= 0.3 is 24.0 Å². The van der Waals surface area contributed by atoms with Crippen LogP contribution in [0.2, 0.25) is 0 Å². The Morgan fingerprint density at radius 1 is 0.944 bits per heavy atom. The summed E-state index contributed by atoms with van der Waals surface area (Å²) in [6.45, 7) is 3.83. The summed E-state index contributed by atoms with van der Waals surface area (Å²) < 4.78 is 15.6. The van der Waals surface area contributed by atoms with E-state index in [1.165, 1.54) is 0 Å². The van der Waals surface area contributed by atoms with Gasteiger partial charge in [0.1, 0.15) is 13.2 Å². The molecule has 36 heavy (non-hydrogen) atoms. The highest BCUT2D eigenvalue weighted by Crippen LogP contribution is 2.44. The summed E-state index contributed by atoms with van der Waals surface area (Å²) in [4.78, 5) is 48.0. The number of carbonyl (C=O) groups is 4. The van der Waals surface area contributed by atoms with Crippen LogP contribution in [-0.4, -0.2) is 61.0 Å². The average molecular weight is 499 g/mol. The maximum atomic E-state index is 12.4. The summed E-state index contributed by atoms with van der Waals surface area (Å²) in [5, 5.41) is 11.8. The molecule has 10 heteroatoms. The number of carbonyl (C=O) groups excluding carboxylic acids is 3. The monoisotopic (exact) mass is 498 g/mol. The van der Waals surface area contributed by atoms with E-state index in [4.69, 9.17) is 19.9 Å². The number of rotatable bonds is 9. The van der Waals surface area contributed by atoms with Gasteiger partial charge < -0.3 is 30.4 Å². The smallest absolute Gasteiger partial charge is 0.407 e. The lowest BCUT2D eigenvalue weighted by Crippen LogP contribution is -2.49. The summed E-state index contributed by atoms with van der Waals surface area (Å²) in [6, 6.07) is 15.8. The number of esters is 2. The lowest BCUT2D eigenvalue weighted by Gasteiger charge is -2.33. The number of nitrogens with two attached hydrogens (primary N) is 1. The minimum atomic E-state index is -1.76. The van der Waals surface area contributed by atoms with Crippen LogP contribution < -0.4 is 11.1 Å². The number of hydrogen-bond acceptors (Lipinski definition) is 8. The largest absolute Gasteiger partial charge is 0.478 e. The topological polar surface area (TPSA) is 154 Å². The molecule has 2 aromatic carbocycles. The Hall–Kier alpha value is -3.92. The molecule has 192 valence electrons. The molecule has 1 aliphatic carbocycles. The first kappa shape index (κ1) is 26.7. The van der Waals surface area contributed by atoms with Crippen LogP contribution in [0.1, 0.15) is 37.8 Å². The fraction of sp³-hybridized carbons (Fsp3) is 0.385. The first-order valence-electron chi connectivity index (χ1n) is 11.4. The molecule has 0 radical (unpaired) electrons. The molecule has 0 aliphatic heterocycles. The molecule has 2 unspecified atom stereocenters. The summed E-state index contributed by atoms with van der Waals surface area (Å²) in [6.07, 6.45) is -3.92. The zero-order valence-corrected chi connectivity index (χ0v) is 20.4. The third-order valence-corrected chi connectivity index (χ3v) is 5.78. The molecule has 4 N–H and O–H groups in total. The summed E-state index contributed by atoms with van der Waals surface area (Å²) in [5.74, 6) is -3.51. The fourth-order valence-electron chi connectivity index (χ4n) is 4.10. The van der Waals surface area contributed by atoms with Crippen molar-refractivity contribution in [3.8, 4) is 11.1 Å². The van der Waals surface area contributed by atoms with E-state index in [1.807, 2.05) is 48.5 Å². The number of carboxylic acid groups (broad SMARTS) is 1. The summed E-state index contributed by atoms with van der Waals surface area (Å²) in [5.41, 5.74) is 8.56. The molecule has 1 aliphatic rings. The van der Waals surface area contributed by atoms with Crippen molar-refractivity contribution in [2.45, 2.75) is 38.9 Å². The van der Waals surface area contributed by atoms with Gasteiger partial charge in [-0.05, 0) is 22.3 Å². The predicted molar refractivity (Wildman–Crippen MR) is 129 cm³/mol. The summed E-state index contributed by atoms with van der Waals surface area (Å²) in [7, 11) is 0. The Balaban J connectivity index is 1.58. The number of ether oxygens (including phenoxy) is 3. The van der Waals surface area contributed by atoms with Crippen LogP contribution in [0.25, 0.3) is 11.1 Å². The quantitative estimate of drug-likeness (QED) is 0.349. The maximum Gasteiger partial charge on any atom is 0.407 e. The van der Waals surface area contributed by atoms with Crippen LogP contribution in [0.15, 0.2) is 48.5 Å². The standard InChI is InChI=1S/C26H30N2O8/c1-26(2,3)23(22(24(31)32)35-20(29)12-27)36-21(30)13-28-25(33)34-14-19-17-10-6-4-8-15(17)16-9-5-7-11-18(16)19/h4-11,19,22-23H,12-14,27H2,1-3H3,(H,28,33)(H,31,32). The normalized spacial score (nSPS) is 14.1. The molecular weight excluding hydrogens is 468 g/mol. The van der Waals surface area contributed by atoms with Gasteiger partial charge in [0.05, 0.1) is 6.54 Å². The second kappa shape index (κ2) is 11.2. The van der Waals surface area contributed by atoms with E-state index >= 15 is 0 Å². The highest BCUT2D eigenvalue weighted by molar-refractivity contribution is 5.82. The maximum absolute atomic E-state index is 12.4. The van der Waals surface area contributed by atoms with Gasteiger partial charge in [0.15, 0.2) is 6.10 Å². The molecule has 0 saturated heterocycles. The Bertz CT molecular complexity index is 1100. The first-order chi connectivity index (χ1) is 17.0. The van der Waals surface area contributed by atoms with Crippen LogP contribution in [0.3, 0.4) is 0 Å². The zero-order valence-electron chi connectivity index (χ0n) is 20.4. The number of benzene rings is 2. The Morgan fingerprint density at radius 3 is 2.00 bits per heavy atom. The van der Waals surface area contributed by atoms with Crippen LogP contribution in [-0.2, 0) is 28.6 Å². The van der Waals surface area contributed by atoms with Gasteiger partial charge in [0, 0.05) is 11.3 Å². The van der Waals surface area contributed by atoms with Crippen molar-refractivity contribution in [1.29, 1.82) is 0 Å². The number of carboxylic acids is 1. The van der Waals surface area contributed by atoms with Gasteiger partial charge in [0.2, 0.25) is 6.10 Å². The number of hydrogen-bond donors (Lipinski definition) is 3. The van der Waals surface area contributed by atoms with Gasteiger partial charge in [-0.3, -0.25) is 9.59 Å². The van der Waals surface area contributed by atoms with Crippen molar-refractivity contribution in [3.63, 3.8) is 0 Å². The highest BCUT2D eigenvalue weighted by atomic mass is 16.6. The van der Waals surface area contributed by atoms with E-state index in [0.29, 0.717) is 0 Å². The van der Waals surface area contributed by atoms with Crippen molar-refractivity contribution in [1.82, 2.24) is 5.32 Å². The van der Waals surface area contributed by atoms with Crippen molar-refractivity contribution in [2.75, 3.05) is 19.7 Å². The van der Waals surface area contributed by atoms with E-state index < -0.39 is 54.7 Å². The Morgan fingerprint density at radius 2 is 1.50 bits per heavy atom. The third kappa shape index (κ3) is 6.19. The second-order valence-electron chi connectivity index (χ2n) is 9.41. The van der Waals surface area contributed by atoms with Gasteiger partial charge in [-0.2, -0.15) is 0 Å². The van der Waals surface area contributed by atoms with Crippen molar-refractivity contribution < 1.29 is 38.5 Å². The average Bonchev–Trinajstić information content (AvgIpc) is 3.16. The van der Waals surface area contributed by atoms with Crippen LogP contribution in [0, 0.1) is 5.41 Å². The molecule has 0 saturated carbocycles. The van der Waals surface area contributed by atoms with E-state index in [1.54, 1.807) is 20.8 Å². The SMILES string of the molecule is CC(C)(C)C(OC(=O)CNC(=O)OCC1c2ccccc2-c2ccccc21)C(OC(=O)CN)C(=O)O. The number of aliphatic carboxylic acids is 1. The second-order valence-corrected chi connectivity index (χ2v) is 9.41. The van der Waals surface area contributed by atoms with Gasteiger partial charge in [-0.15, -0.1) is 0 Å². The number of alkyl carbamates (subject to hydrolysis) is 1. The van der Waals surface area contributed by atoms with Crippen molar-refractivity contribution in [3.05, 3.63) is 59.7 Å². The zero-order chi connectivity index (χ0) is 26.5. The van der Waals surface area contributed by atoms with E-state index in [2.05, 4.69) is 5.32 Å². The van der Waals surface area contributed by atoms with Gasteiger partial charge in [0.25, 0.3) is 0 Å². The minimum Gasteiger partial charge on any atom is -0.478 e. The molecule has 3 rings (SSSR count). The molecular formula is C26H30N2O8. The van der Waals surface area contributed by atoms with Crippen LogP contribution in [0.4, 0.5) is 4.79 Å². The lowest BCUT2D eigenvalue weighted by molar-refractivity contribution is -0.186. The molecule has 0 aromatic heterocycles. The summed E-state index contributed by atoms with van der Waals surface area (Å²) >= 11 is 0. The number of nitrogens with one attached hydrogen (secondary N) is 1. The number of amides is 1. The Labute approximate surface area is 208 Å². The molecule has 10 nitrogen and oxygen atoms in total. The first-order valence-corrected chi connectivity index (χ1v) is 11.4. The highest BCUT2D eigenvalue weighted by Gasteiger charge is 2.42.